The highest BCUT2D eigenvalue weighted by molar-refractivity contribution is 9.10. The molecule has 2 aromatic rings. The van der Waals surface area contributed by atoms with Crippen LogP contribution in [0.4, 0.5) is 5.82 Å². The molecule has 1 aromatic carbocycles. The number of nitrogen functional groups attached to an aromatic ring is 1. The number of nitrogens with one attached hydrogen (secondary N) is 1. The van der Waals surface area contributed by atoms with Crippen LogP contribution in [0.1, 0.15) is 30.9 Å². The number of H-pyrrole nitrogens is 1. The van der Waals surface area contributed by atoms with Crippen molar-refractivity contribution >= 4 is 21.7 Å². The highest BCUT2D eigenvalue weighted by atomic mass is 79.9. The molecule has 4 nitrogen and oxygen atoms in total. The molecule has 0 aliphatic heterocycles. The SMILES string of the molecule is COc1c(C(C)C)cc(Br)c(C)c1-c1cc(N)n[nH]1. The molecule has 0 saturated carbocycles. The maximum atomic E-state index is 5.70. The minimum absolute atomic E-state index is 0.367. The average molecular weight is 324 g/mol. The Morgan fingerprint density at radius 3 is 2.53 bits per heavy atom. The summed E-state index contributed by atoms with van der Waals surface area (Å²) in [5.74, 6) is 1.72. The number of benzene rings is 1. The summed E-state index contributed by atoms with van der Waals surface area (Å²) in [5, 5.41) is 6.95. The Kier molecular flexibility index (Phi) is 3.85. The van der Waals surface area contributed by atoms with Crippen molar-refractivity contribution in [2.45, 2.75) is 26.7 Å². The van der Waals surface area contributed by atoms with Crippen LogP contribution in [0.15, 0.2) is 16.6 Å². The number of hydrogen-bond acceptors (Lipinski definition) is 3. The molecule has 5 heteroatoms. The van der Waals surface area contributed by atoms with Gasteiger partial charge in [-0.15, -0.1) is 0 Å². The van der Waals surface area contributed by atoms with Crippen molar-refractivity contribution in [2.24, 2.45) is 0 Å². The Hall–Kier alpha value is -1.49. The van der Waals surface area contributed by atoms with Gasteiger partial charge in [-0.05, 0) is 30.0 Å². The number of ether oxygens (including phenoxy) is 1. The number of rotatable bonds is 3. The number of anilines is 1. The standard InChI is InChI=1S/C14H18BrN3O/c1-7(2)9-5-10(15)8(3)13(14(9)19-4)11-6-12(16)18-17-11/h5-7H,1-4H3,(H3,16,17,18). The van der Waals surface area contributed by atoms with Crippen LogP contribution in [0.25, 0.3) is 11.3 Å². The van der Waals surface area contributed by atoms with Crippen LogP contribution in [0.5, 0.6) is 5.75 Å². The lowest BCUT2D eigenvalue weighted by Crippen LogP contribution is -2.00. The number of methoxy groups -OCH3 is 1. The summed E-state index contributed by atoms with van der Waals surface area (Å²) in [6.07, 6.45) is 0. The van der Waals surface area contributed by atoms with E-state index in [0.717, 1.165) is 32.6 Å². The van der Waals surface area contributed by atoms with E-state index in [1.165, 1.54) is 0 Å². The first kappa shape index (κ1) is 13.9. The summed E-state index contributed by atoms with van der Waals surface area (Å²) in [4.78, 5) is 0. The quantitative estimate of drug-likeness (QED) is 0.901. The molecule has 0 saturated heterocycles. The van der Waals surface area contributed by atoms with Gasteiger partial charge < -0.3 is 10.5 Å². The fourth-order valence-corrected chi connectivity index (χ4v) is 2.63. The Morgan fingerprint density at radius 2 is 2.05 bits per heavy atom. The molecule has 0 unspecified atom stereocenters. The van der Waals surface area contributed by atoms with Gasteiger partial charge in [0.2, 0.25) is 0 Å². The molecule has 0 radical (unpaired) electrons. The zero-order valence-electron chi connectivity index (χ0n) is 11.5. The zero-order valence-corrected chi connectivity index (χ0v) is 13.1. The van der Waals surface area contributed by atoms with Crippen molar-refractivity contribution in [2.75, 3.05) is 12.8 Å². The third-order valence-corrected chi connectivity index (χ3v) is 4.02. The lowest BCUT2D eigenvalue weighted by Gasteiger charge is -2.18. The summed E-state index contributed by atoms with van der Waals surface area (Å²) in [6, 6.07) is 3.93. The van der Waals surface area contributed by atoms with Gasteiger partial charge in [0, 0.05) is 16.1 Å². The first-order valence-electron chi connectivity index (χ1n) is 6.14. The molecule has 1 aromatic heterocycles. The molecule has 0 aliphatic rings. The number of hydrogen-bond donors (Lipinski definition) is 2. The van der Waals surface area contributed by atoms with Gasteiger partial charge >= 0.3 is 0 Å². The average Bonchev–Trinajstić information content (AvgIpc) is 2.77. The second kappa shape index (κ2) is 5.25. The monoisotopic (exact) mass is 323 g/mol. The summed E-state index contributed by atoms with van der Waals surface area (Å²) in [6.45, 7) is 6.33. The van der Waals surface area contributed by atoms with Gasteiger partial charge in [0.25, 0.3) is 0 Å². The zero-order chi connectivity index (χ0) is 14.2. The molecule has 3 N–H and O–H groups in total. The van der Waals surface area contributed by atoms with Crippen molar-refractivity contribution in [1.82, 2.24) is 10.2 Å². The van der Waals surface area contributed by atoms with Crippen LogP contribution in [-0.2, 0) is 0 Å². The van der Waals surface area contributed by atoms with Crippen LogP contribution in [0.3, 0.4) is 0 Å². The highest BCUT2D eigenvalue weighted by Gasteiger charge is 2.19. The number of halogens is 1. The van der Waals surface area contributed by atoms with Crippen molar-refractivity contribution in [3.05, 3.63) is 27.7 Å². The Bertz CT molecular complexity index is 605. The van der Waals surface area contributed by atoms with Crippen molar-refractivity contribution < 1.29 is 4.74 Å². The van der Waals surface area contributed by atoms with Crippen LogP contribution < -0.4 is 10.5 Å². The van der Waals surface area contributed by atoms with Gasteiger partial charge in [-0.1, -0.05) is 29.8 Å². The van der Waals surface area contributed by atoms with Gasteiger partial charge in [0.15, 0.2) is 0 Å². The Morgan fingerprint density at radius 1 is 1.37 bits per heavy atom. The molecule has 0 amide bonds. The largest absolute Gasteiger partial charge is 0.496 e. The number of nitrogens with zero attached hydrogens (tertiary/aromatic N) is 1. The minimum Gasteiger partial charge on any atom is -0.496 e. The third kappa shape index (κ3) is 2.47. The molecule has 0 aliphatic carbocycles. The molecule has 102 valence electrons. The van der Waals surface area contributed by atoms with E-state index in [1.54, 1.807) is 7.11 Å². The molecule has 2 rings (SSSR count). The molecule has 0 spiro atoms. The molecule has 0 bridgehead atoms. The Balaban J connectivity index is 2.77. The van der Waals surface area contributed by atoms with E-state index in [0.29, 0.717) is 11.7 Å². The van der Waals surface area contributed by atoms with E-state index in [1.807, 2.05) is 13.0 Å². The van der Waals surface area contributed by atoms with Crippen molar-refractivity contribution in [3.8, 4) is 17.0 Å². The summed E-state index contributed by atoms with van der Waals surface area (Å²) >= 11 is 3.61. The van der Waals surface area contributed by atoms with E-state index in [-0.39, 0.29) is 0 Å². The van der Waals surface area contributed by atoms with Crippen LogP contribution in [0, 0.1) is 6.92 Å². The fraction of sp³-hybridized carbons (Fsp3) is 0.357. The minimum atomic E-state index is 0.367. The highest BCUT2D eigenvalue weighted by Crippen LogP contribution is 2.42. The third-order valence-electron chi connectivity index (χ3n) is 3.20. The van der Waals surface area contributed by atoms with E-state index in [9.17, 15) is 0 Å². The maximum absolute atomic E-state index is 5.70. The Labute approximate surface area is 121 Å². The normalized spacial score (nSPS) is 11.1. The van der Waals surface area contributed by atoms with Gasteiger partial charge in [-0.25, -0.2) is 0 Å². The van der Waals surface area contributed by atoms with Gasteiger partial charge in [0.05, 0.1) is 12.8 Å². The number of aromatic amines is 1. The van der Waals surface area contributed by atoms with E-state index in [4.69, 9.17) is 10.5 Å². The lowest BCUT2D eigenvalue weighted by atomic mass is 9.94. The molecular weight excluding hydrogens is 306 g/mol. The van der Waals surface area contributed by atoms with E-state index >= 15 is 0 Å². The van der Waals surface area contributed by atoms with Gasteiger partial charge in [-0.3, -0.25) is 5.10 Å². The van der Waals surface area contributed by atoms with Gasteiger partial charge in [0.1, 0.15) is 11.6 Å². The topological polar surface area (TPSA) is 63.9 Å². The molecule has 0 atom stereocenters. The molecular formula is C14H18BrN3O. The van der Waals surface area contributed by atoms with Crippen LogP contribution in [0.2, 0.25) is 0 Å². The maximum Gasteiger partial charge on any atom is 0.145 e. The smallest absolute Gasteiger partial charge is 0.145 e. The first-order chi connectivity index (χ1) is 8.95. The van der Waals surface area contributed by atoms with E-state index < -0.39 is 0 Å². The molecule has 0 fully saturated rings. The summed E-state index contributed by atoms with van der Waals surface area (Å²) in [7, 11) is 1.69. The van der Waals surface area contributed by atoms with Crippen molar-refractivity contribution in [3.63, 3.8) is 0 Å². The summed E-state index contributed by atoms with van der Waals surface area (Å²) < 4.78 is 6.68. The number of aromatic nitrogens is 2. The second-order valence-corrected chi connectivity index (χ2v) is 5.70. The predicted octanol–water partition coefficient (Wildman–Crippen LogP) is 3.86. The van der Waals surface area contributed by atoms with Gasteiger partial charge in [-0.2, -0.15) is 5.10 Å². The van der Waals surface area contributed by atoms with E-state index in [2.05, 4.69) is 46.0 Å². The molecule has 1 heterocycles. The number of nitrogens with two attached hydrogens (primary N) is 1. The lowest BCUT2D eigenvalue weighted by molar-refractivity contribution is 0.408. The summed E-state index contributed by atoms with van der Waals surface area (Å²) in [5.41, 5.74) is 9.83. The molecule has 19 heavy (non-hydrogen) atoms. The first-order valence-corrected chi connectivity index (χ1v) is 6.93. The second-order valence-electron chi connectivity index (χ2n) is 4.84. The predicted molar refractivity (Wildman–Crippen MR) is 81.5 cm³/mol. The fourth-order valence-electron chi connectivity index (χ4n) is 2.18. The van der Waals surface area contributed by atoms with Crippen molar-refractivity contribution in [1.29, 1.82) is 0 Å². The van der Waals surface area contributed by atoms with Crippen LogP contribution in [-0.4, -0.2) is 17.3 Å². The van der Waals surface area contributed by atoms with Crippen LogP contribution >= 0.6 is 15.9 Å².